The predicted molar refractivity (Wildman–Crippen MR) is 84.2 cm³/mol. The van der Waals surface area contributed by atoms with Gasteiger partial charge in [0.2, 0.25) is 0 Å². The third-order valence-corrected chi connectivity index (χ3v) is 5.03. The Bertz CT molecular complexity index is 377. The lowest BCUT2D eigenvalue weighted by Crippen LogP contribution is -2.31. The molecule has 0 bridgehead atoms. The molecular weight excluding hydrogens is 254 g/mol. The Morgan fingerprint density at radius 1 is 1.37 bits per heavy atom. The number of methoxy groups -OCH3 is 1. The first kappa shape index (κ1) is 14.7. The minimum atomic E-state index is 0.584. The predicted octanol–water partition coefficient (Wildman–Crippen LogP) is 3.36. The Hall–Kier alpha value is -0.670. The van der Waals surface area contributed by atoms with Crippen LogP contribution in [0.5, 0.6) is 5.75 Å². The molecule has 106 valence electrons. The van der Waals surface area contributed by atoms with E-state index < -0.39 is 0 Å². The number of rotatable bonds is 6. The zero-order chi connectivity index (χ0) is 13.5. The summed E-state index contributed by atoms with van der Waals surface area (Å²) in [6.07, 6.45) is 5.17. The van der Waals surface area contributed by atoms with Gasteiger partial charge < -0.3 is 10.1 Å². The van der Waals surface area contributed by atoms with E-state index in [2.05, 4.69) is 42.3 Å². The van der Waals surface area contributed by atoms with Crippen molar-refractivity contribution in [3.8, 4) is 5.75 Å². The normalized spacial score (nSPS) is 18.2. The highest BCUT2D eigenvalue weighted by Gasteiger charge is 2.18. The van der Waals surface area contributed by atoms with Gasteiger partial charge in [0.25, 0.3) is 0 Å². The molecule has 0 spiro atoms. The fraction of sp³-hybridized carbons (Fsp3) is 0.625. The molecule has 1 heterocycles. The summed E-state index contributed by atoms with van der Waals surface area (Å²) < 4.78 is 5.30. The first-order chi connectivity index (χ1) is 9.31. The minimum Gasteiger partial charge on any atom is -0.497 e. The lowest BCUT2D eigenvalue weighted by atomic mass is 9.91. The molecular formula is C16H25NOS. The van der Waals surface area contributed by atoms with Crippen LogP contribution in [0.1, 0.15) is 24.8 Å². The molecule has 1 unspecified atom stereocenters. The number of hydrogen-bond donors (Lipinski definition) is 1. The van der Waals surface area contributed by atoms with Crippen molar-refractivity contribution in [2.24, 2.45) is 5.92 Å². The van der Waals surface area contributed by atoms with Crippen LogP contribution in [-0.2, 0) is 6.42 Å². The molecule has 0 saturated carbocycles. The van der Waals surface area contributed by atoms with E-state index in [-0.39, 0.29) is 0 Å². The van der Waals surface area contributed by atoms with E-state index in [0.29, 0.717) is 6.04 Å². The Labute approximate surface area is 121 Å². The summed E-state index contributed by atoms with van der Waals surface area (Å²) in [7, 11) is 3.82. The molecule has 3 heteroatoms. The van der Waals surface area contributed by atoms with Crippen LogP contribution in [0, 0.1) is 5.92 Å². The maximum Gasteiger partial charge on any atom is 0.119 e. The van der Waals surface area contributed by atoms with Gasteiger partial charge in [0.15, 0.2) is 0 Å². The first-order valence-corrected chi connectivity index (χ1v) is 8.35. The second kappa shape index (κ2) is 7.81. The third kappa shape index (κ3) is 4.73. The van der Waals surface area contributed by atoms with Gasteiger partial charge in [0.05, 0.1) is 7.11 Å². The summed E-state index contributed by atoms with van der Waals surface area (Å²) in [5, 5.41) is 3.49. The van der Waals surface area contributed by atoms with Gasteiger partial charge in [-0.15, -0.1) is 0 Å². The van der Waals surface area contributed by atoms with Gasteiger partial charge >= 0.3 is 0 Å². The fourth-order valence-electron chi connectivity index (χ4n) is 2.77. The summed E-state index contributed by atoms with van der Waals surface area (Å²) in [5.74, 6) is 4.56. The van der Waals surface area contributed by atoms with Crippen LogP contribution in [0.25, 0.3) is 0 Å². The first-order valence-electron chi connectivity index (χ1n) is 7.19. The maximum atomic E-state index is 5.30. The van der Waals surface area contributed by atoms with Gasteiger partial charge in [-0.3, -0.25) is 0 Å². The molecule has 2 rings (SSSR count). The van der Waals surface area contributed by atoms with Gasteiger partial charge in [-0.05, 0) is 67.9 Å². The van der Waals surface area contributed by atoms with E-state index in [1.807, 2.05) is 6.07 Å². The van der Waals surface area contributed by atoms with Gasteiger partial charge in [-0.1, -0.05) is 12.1 Å². The van der Waals surface area contributed by atoms with E-state index in [4.69, 9.17) is 4.74 Å². The second-order valence-electron chi connectivity index (χ2n) is 5.33. The number of ether oxygens (including phenoxy) is 1. The summed E-state index contributed by atoms with van der Waals surface area (Å²) in [5.41, 5.74) is 1.36. The third-order valence-electron chi connectivity index (χ3n) is 3.98. The minimum absolute atomic E-state index is 0.584. The van der Waals surface area contributed by atoms with Crippen molar-refractivity contribution >= 4 is 11.8 Å². The number of likely N-dealkylation sites (N-methyl/N-ethyl adjacent to an activating group) is 1. The molecule has 1 atom stereocenters. The van der Waals surface area contributed by atoms with Crippen molar-refractivity contribution in [3.63, 3.8) is 0 Å². The molecule has 1 aliphatic rings. The Morgan fingerprint density at radius 3 is 2.84 bits per heavy atom. The molecule has 0 amide bonds. The molecule has 1 aliphatic heterocycles. The summed E-state index contributed by atoms with van der Waals surface area (Å²) >= 11 is 2.11. The quantitative estimate of drug-likeness (QED) is 0.863. The van der Waals surface area contributed by atoms with Crippen LogP contribution in [0.4, 0.5) is 0 Å². The number of benzene rings is 1. The average Bonchev–Trinajstić information content (AvgIpc) is 2.48. The smallest absolute Gasteiger partial charge is 0.119 e. The second-order valence-corrected chi connectivity index (χ2v) is 6.56. The highest BCUT2D eigenvalue weighted by molar-refractivity contribution is 7.99. The van der Waals surface area contributed by atoms with E-state index in [9.17, 15) is 0 Å². The zero-order valence-electron chi connectivity index (χ0n) is 12.0. The zero-order valence-corrected chi connectivity index (χ0v) is 12.8. The molecule has 0 aliphatic carbocycles. The molecule has 0 aromatic heterocycles. The van der Waals surface area contributed by atoms with Crippen LogP contribution in [0.3, 0.4) is 0 Å². The van der Waals surface area contributed by atoms with Crippen molar-refractivity contribution in [2.45, 2.75) is 31.7 Å². The van der Waals surface area contributed by atoms with Gasteiger partial charge in [-0.25, -0.2) is 0 Å². The van der Waals surface area contributed by atoms with Crippen LogP contribution in [0.2, 0.25) is 0 Å². The van der Waals surface area contributed by atoms with E-state index >= 15 is 0 Å². The monoisotopic (exact) mass is 279 g/mol. The molecule has 1 saturated heterocycles. The highest BCUT2D eigenvalue weighted by atomic mass is 32.2. The largest absolute Gasteiger partial charge is 0.497 e. The molecule has 0 radical (unpaired) electrons. The lowest BCUT2D eigenvalue weighted by molar-refractivity contribution is 0.375. The van der Waals surface area contributed by atoms with Gasteiger partial charge in [0.1, 0.15) is 5.75 Å². The van der Waals surface area contributed by atoms with Gasteiger partial charge in [0, 0.05) is 6.04 Å². The SMILES string of the molecule is CNC(Cc1cccc(OC)c1)CC1CCSCC1. The average molecular weight is 279 g/mol. The van der Waals surface area contributed by atoms with E-state index in [1.54, 1.807) is 7.11 Å². The van der Waals surface area contributed by atoms with E-state index in [0.717, 1.165) is 18.1 Å². The van der Waals surface area contributed by atoms with Crippen molar-refractivity contribution < 1.29 is 4.74 Å². The Morgan fingerprint density at radius 2 is 2.16 bits per heavy atom. The summed E-state index contributed by atoms with van der Waals surface area (Å²) in [4.78, 5) is 0. The van der Waals surface area contributed by atoms with Gasteiger partial charge in [-0.2, -0.15) is 11.8 Å². The number of nitrogens with one attached hydrogen (secondary N) is 1. The number of hydrogen-bond acceptors (Lipinski definition) is 3. The fourth-order valence-corrected chi connectivity index (χ4v) is 3.98. The lowest BCUT2D eigenvalue weighted by Gasteiger charge is -2.26. The molecule has 19 heavy (non-hydrogen) atoms. The molecule has 1 fully saturated rings. The van der Waals surface area contributed by atoms with Crippen LogP contribution in [-0.4, -0.2) is 31.7 Å². The van der Waals surface area contributed by atoms with Crippen molar-refractivity contribution in [3.05, 3.63) is 29.8 Å². The highest BCUT2D eigenvalue weighted by Crippen LogP contribution is 2.27. The Balaban J connectivity index is 1.90. The van der Waals surface area contributed by atoms with Crippen LogP contribution >= 0.6 is 11.8 Å². The summed E-state index contributed by atoms with van der Waals surface area (Å²) in [6.45, 7) is 0. The molecule has 1 N–H and O–H groups in total. The Kier molecular flexibility index (Phi) is 6.05. The summed E-state index contributed by atoms with van der Waals surface area (Å²) in [6, 6.07) is 9.03. The van der Waals surface area contributed by atoms with Crippen LogP contribution < -0.4 is 10.1 Å². The standard InChI is InChI=1S/C16H25NOS/c1-17-15(10-13-6-8-19-9-7-13)11-14-4-3-5-16(12-14)18-2/h3-5,12-13,15,17H,6-11H2,1-2H3. The molecule has 1 aromatic carbocycles. The molecule has 2 nitrogen and oxygen atoms in total. The van der Waals surface area contributed by atoms with Crippen molar-refractivity contribution in [2.75, 3.05) is 25.7 Å². The van der Waals surface area contributed by atoms with Crippen LogP contribution in [0.15, 0.2) is 24.3 Å². The van der Waals surface area contributed by atoms with Crippen molar-refractivity contribution in [1.82, 2.24) is 5.32 Å². The molecule has 1 aromatic rings. The van der Waals surface area contributed by atoms with E-state index in [1.165, 1.54) is 36.3 Å². The van der Waals surface area contributed by atoms with Crippen molar-refractivity contribution in [1.29, 1.82) is 0 Å². The topological polar surface area (TPSA) is 21.3 Å². The maximum absolute atomic E-state index is 5.30. The number of thioether (sulfide) groups is 1.